The molecular weight excluding hydrogens is 508 g/mol. The molecular formula is C29H36O10. The number of esters is 2. The molecule has 0 aromatic heterocycles. The Kier molecular flexibility index (Phi) is 14.9. The maximum atomic E-state index is 12.5. The van der Waals surface area contributed by atoms with Gasteiger partial charge < -0.3 is 28.4 Å². The van der Waals surface area contributed by atoms with E-state index in [1.807, 2.05) is 60.7 Å². The van der Waals surface area contributed by atoms with Crippen LogP contribution in [0, 0.1) is 11.8 Å². The number of carbonyl (C=O) groups is 4. The lowest BCUT2D eigenvalue weighted by atomic mass is 9.89. The molecule has 0 aliphatic rings. The summed E-state index contributed by atoms with van der Waals surface area (Å²) in [5.41, 5.74) is 0. The van der Waals surface area contributed by atoms with Crippen LogP contribution < -0.4 is 9.47 Å². The van der Waals surface area contributed by atoms with E-state index >= 15 is 0 Å². The summed E-state index contributed by atoms with van der Waals surface area (Å²) in [7, 11) is 0. The summed E-state index contributed by atoms with van der Waals surface area (Å²) in [5, 5.41) is 0. The highest BCUT2D eigenvalue weighted by Gasteiger charge is 2.35. The number of hydrogen-bond donors (Lipinski definition) is 0. The first-order chi connectivity index (χ1) is 18.9. The second kappa shape index (κ2) is 18.5. The molecule has 0 spiro atoms. The average molecular weight is 545 g/mol. The lowest BCUT2D eigenvalue weighted by molar-refractivity contribution is -0.157. The molecule has 212 valence electrons. The minimum absolute atomic E-state index is 0.0888. The largest absolute Gasteiger partial charge is 0.491 e. The van der Waals surface area contributed by atoms with Crippen LogP contribution in [-0.2, 0) is 38.1 Å². The molecule has 0 bridgehead atoms. The minimum atomic E-state index is -1.28. The molecule has 10 nitrogen and oxygen atoms in total. The van der Waals surface area contributed by atoms with Gasteiger partial charge in [0.05, 0.1) is 26.4 Å². The van der Waals surface area contributed by atoms with E-state index in [-0.39, 0.29) is 46.1 Å². The number of benzene rings is 2. The van der Waals surface area contributed by atoms with Crippen molar-refractivity contribution in [1.82, 2.24) is 0 Å². The van der Waals surface area contributed by atoms with Gasteiger partial charge in [0.2, 0.25) is 0 Å². The Labute approximate surface area is 228 Å². The Morgan fingerprint density at radius 1 is 0.538 bits per heavy atom. The summed E-state index contributed by atoms with van der Waals surface area (Å²) < 4.78 is 32.0. The zero-order chi connectivity index (χ0) is 28.3. The van der Waals surface area contributed by atoms with Crippen molar-refractivity contribution < 1.29 is 47.6 Å². The van der Waals surface area contributed by atoms with E-state index < -0.39 is 35.3 Å². The fraction of sp³-hybridized carbons (Fsp3) is 0.448. The third kappa shape index (κ3) is 13.0. The molecule has 0 radical (unpaired) electrons. The van der Waals surface area contributed by atoms with Crippen LogP contribution in [0.5, 0.6) is 11.5 Å². The summed E-state index contributed by atoms with van der Waals surface area (Å²) >= 11 is 0. The normalized spacial score (nSPS) is 12.2. The molecule has 0 saturated carbocycles. The average Bonchev–Trinajstić information content (AvgIpc) is 2.93. The maximum absolute atomic E-state index is 12.5. The van der Waals surface area contributed by atoms with Gasteiger partial charge in [-0.3, -0.25) is 19.2 Å². The Morgan fingerprint density at radius 2 is 0.897 bits per heavy atom. The van der Waals surface area contributed by atoms with Gasteiger partial charge in [-0.15, -0.1) is 0 Å². The van der Waals surface area contributed by atoms with E-state index in [4.69, 9.17) is 28.4 Å². The third-order valence-electron chi connectivity index (χ3n) is 5.45. The maximum Gasteiger partial charge on any atom is 0.316 e. The van der Waals surface area contributed by atoms with Crippen molar-refractivity contribution in [3.8, 4) is 11.5 Å². The molecule has 0 N–H and O–H groups in total. The van der Waals surface area contributed by atoms with Gasteiger partial charge in [-0.05, 0) is 44.5 Å². The molecule has 10 heteroatoms. The van der Waals surface area contributed by atoms with E-state index in [9.17, 15) is 19.2 Å². The second-order valence-corrected chi connectivity index (χ2v) is 8.44. The van der Waals surface area contributed by atoms with Crippen LogP contribution in [0.15, 0.2) is 60.7 Å². The van der Waals surface area contributed by atoms with Crippen LogP contribution in [0.25, 0.3) is 0 Å². The van der Waals surface area contributed by atoms with Crippen LogP contribution in [0.1, 0.15) is 20.3 Å². The molecule has 0 fully saturated rings. The van der Waals surface area contributed by atoms with Gasteiger partial charge in [-0.25, -0.2) is 0 Å². The number of ketones is 2. The molecule has 0 aliphatic heterocycles. The van der Waals surface area contributed by atoms with E-state index in [2.05, 4.69) is 0 Å². The van der Waals surface area contributed by atoms with Crippen molar-refractivity contribution >= 4 is 23.5 Å². The van der Waals surface area contributed by atoms with Gasteiger partial charge in [0, 0.05) is 0 Å². The van der Waals surface area contributed by atoms with Crippen molar-refractivity contribution in [3.63, 3.8) is 0 Å². The number of carbonyl (C=O) groups excluding carboxylic acids is 4. The molecule has 2 atom stereocenters. The smallest absolute Gasteiger partial charge is 0.316 e. The van der Waals surface area contributed by atoms with Gasteiger partial charge in [0.1, 0.15) is 61.3 Å². The monoisotopic (exact) mass is 544 g/mol. The van der Waals surface area contributed by atoms with Crippen molar-refractivity contribution in [2.75, 3.05) is 52.9 Å². The highest BCUT2D eigenvalue weighted by Crippen LogP contribution is 2.18. The summed E-state index contributed by atoms with van der Waals surface area (Å²) in [5.74, 6) is -3.80. The van der Waals surface area contributed by atoms with Crippen molar-refractivity contribution in [2.24, 2.45) is 11.8 Å². The molecule has 0 heterocycles. The fourth-order valence-electron chi connectivity index (χ4n) is 3.37. The lowest BCUT2D eigenvalue weighted by Gasteiger charge is -2.18. The predicted octanol–water partition coefficient (Wildman–Crippen LogP) is 3.06. The number of Topliss-reactive ketones (excluding diaryl/α,β-unsaturated/α-hetero) is 2. The van der Waals surface area contributed by atoms with E-state index in [1.54, 1.807) is 0 Å². The van der Waals surface area contributed by atoms with Crippen LogP contribution in [-0.4, -0.2) is 76.4 Å². The quantitative estimate of drug-likeness (QED) is 0.140. The van der Waals surface area contributed by atoms with Gasteiger partial charge in [-0.2, -0.15) is 0 Å². The SMILES string of the molecule is CC(=O)C(CC(C(C)=O)C(=O)OCCOCCOc1ccccc1)C(=O)OCCOCCOc1ccccc1. The van der Waals surface area contributed by atoms with Gasteiger partial charge in [-0.1, -0.05) is 36.4 Å². The van der Waals surface area contributed by atoms with Crippen molar-refractivity contribution in [2.45, 2.75) is 20.3 Å². The van der Waals surface area contributed by atoms with E-state index in [1.165, 1.54) is 13.8 Å². The third-order valence-corrected chi connectivity index (χ3v) is 5.45. The molecule has 39 heavy (non-hydrogen) atoms. The Hall–Kier alpha value is -3.76. The summed E-state index contributed by atoms with van der Waals surface area (Å²) in [6.45, 7) is 3.64. The Bertz CT molecular complexity index is 928. The molecule has 0 amide bonds. The molecule has 2 aromatic rings. The highest BCUT2D eigenvalue weighted by molar-refractivity contribution is 6.02. The summed E-state index contributed by atoms with van der Waals surface area (Å²) in [4.78, 5) is 49.2. The first kappa shape index (κ1) is 31.5. The number of ether oxygens (including phenoxy) is 6. The first-order valence-electron chi connectivity index (χ1n) is 12.7. The molecule has 0 saturated heterocycles. The number of hydrogen-bond acceptors (Lipinski definition) is 10. The summed E-state index contributed by atoms with van der Waals surface area (Å²) in [6.07, 6.45) is -0.333. The van der Waals surface area contributed by atoms with Crippen LogP contribution in [0.4, 0.5) is 0 Å². The lowest BCUT2D eigenvalue weighted by Crippen LogP contribution is -2.34. The van der Waals surface area contributed by atoms with Crippen molar-refractivity contribution in [1.29, 1.82) is 0 Å². The molecule has 2 unspecified atom stereocenters. The van der Waals surface area contributed by atoms with E-state index in [0.717, 1.165) is 11.5 Å². The van der Waals surface area contributed by atoms with Crippen LogP contribution >= 0.6 is 0 Å². The number of rotatable bonds is 20. The molecule has 2 rings (SSSR count). The van der Waals surface area contributed by atoms with Crippen LogP contribution in [0.3, 0.4) is 0 Å². The second-order valence-electron chi connectivity index (χ2n) is 8.44. The molecule has 2 aromatic carbocycles. The van der Waals surface area contributed by atoms with Gasteiger partial charge >= 0.3 is 11.9 Å². The standard InChI is InChI=1S/C29H36O10/c1-22(30)26(28(32)38-19-15-34-13-17-36-24-9-5-3-6-10-24)21-27(23(2)31)29(33)39-20-16-35-14-18-37-25-11-7-4-8-12-25/h3-12,26-27H,13-21H2,1-2H3. The first-order valence-corrected chi connectivity index (χ1v) is 12.7. The van der Waals surface area contributed by atoms with E-state index in [0.29, 0.717) is 13.2 Å². The number of para-hydroxylation sites is 2. The van der Waals surface area contributed by atoms with Crippen molar-refractivity contribution in [3.05, 3.63) is 60.7 Å². The van der Waals surface area contributed by atoms with Gasteiger partial charge in [0.15, 0.2) is 0 Å². The summed E-state index contributed by atoms with van der Waals surface area (Å²) in [6, 6.07) is 18.5. The molecule has 0 aliphatic carbocycles. The van der Waals surface area contributed by atoms with Gasteiger partial charge in [0.25, 0.3) is 0 Å². The minimum Gasteiger partial charge on any atom is -0.491 e. The zero-order valence-corrected chi connectivity index (χ0v) is 22.4. The highest BCUT2D eigenvalue weighted by atomic mass is 16.6. The Balaban J connectivity index is 1.64. The zero-order valence-electron chi connectivity index (χ0n) is 22.4. The van der Waals surface area contributed by atoms with Crippen LogP contribution in [0.2, 0.25) is 0 Å². The fourth-order valence-corrected chi connectivity index (χ4v) is 3.37. The Morgan fingerprint density at radius 3 is 1.26 bits per heavy atom. The topological polar surface area (TPSA) is 124 Å². The predicted molar refractivity (Wildman–Crippen MR) is 140 cm³/mol.